The third-order valence-corrected chi connectivity index (χ3v) is 6.67. The standard InChI is InChI=1S/C25H36N2O6S/c1-8-32-20-12-10-18(14-22(20)33-9-2)24(16(3)4)26-25(28)19-11-13-21(31-7)23(15-19)34(29,30)27-17(5)6/h10-17,24,27H,8-9H2,1-7H3,(H,26,28). The summed E-state index contributed by atoms with van der Waals surface area (Å²) in [4.78, 5) is 13.1. The number of hydrogen-bond donors (Lipinski definition) is 2. The van der Waals surface area contributed by atoms with Crippen LogP contribution in [0.1, 0.15) is 63.5 Å². The average Bonchev–Trinajstić information content (AvgIpc) is 2.77. The third-order valence-electron chi connectivity index (χ3n) is 4.99. The summed E-state index contributed by atoms with van der Waals surface area (Å²) in [6.07, 6.45) is 0. The van der Waals surface area contributed by atoms with Gasteiger partial charge in [-0.1, -0.05) is 19.9 Å². The van der Waals surface area contributed by atoms with Crippen molar-refractivity contribution in [1.29, 1.82) is 0 Å². The van der Waals surface area contributed by atoms with Crippen LogP contribution in [0.3, 0.4) is 0 Å². The van der Waals surface area contributed by atoms with E-state index in [-0.39, 0.29) is 34.2 Å². The molecule has 0 fully saturated rings. The largest absolute Gasteiger partial charge is 0.495 e. The molecule has 188 valence electrons. The highest BCUT2D eigenvalue weighted by atomic mass is 32.2. The molecule has 2 aromatic carbocycles. The lowest BCUT2D eigenvalue weighted by Gasteiger charge is -2.24. The Bertz CT molecular complexity index is 1080. The van der Waals surface area contributed by atoms with Gasteiger partial charge < -0.3 is 19.5 Å². The molecule has 0 aliphatic rings. The molecule has 0 aliphatic heterocycles. The van der Waals surface area contributed by atoms with E-state index in [9.17, 15) is 13.2 Å². The monoisotopic (exact) mass is 492 g/mol. The van der Waals surface area contributed by atoms with Crippen LogP contribution in [0.2, 0.25) is 0 Å². The lowest BCUT2D eigenvalue weighted by Crippen LogP contribution is -2.33. The number of rotatable bonds is 12. The van der Waals surface area contributed by atoms with E-state index in [1.807, 2.05) is 45.9 Å². The van der Waals surface area contributed by atoms with Gasteiger partial charge in [-0.05, 0) is 69.5 Å². The van der Waals surface area contributed by atoms with Crippen LogP contribution in [0.25, 0.3) is 0 Å². The topological polar surface area (TPSA) is 103 Å². The lowest BCUT2D eigenvalue weighted by molar-refractivity contribution is 0.0925. The molecule has 1 amide bonds. The zero-order valence-corrected chi connectivity index (χ0v) is 21.8. The second-order valence-electron chi connectivity index (χ2n) is 8.41. The van der Waals surface area contributed by atoms with Crippen LogP contribution < -0.4 is 24.2 Å². The van der Waals surface area contributed by atoms with E-state index in [0.717, 1.165) is 5.56 Å². The normalized spacial score (nSPS) is 12.5. The number of amides is 1. The number of nitrogens with one attached hydrogen (secondary N) is 2. The maximum atomic E-state index is 13.2. The molecule has 1 unspecified atom stereocenters. The molecule has 0 aromatic heterocycles. The van der Waals surface area contributed by atoms with Gasteiger partial charge in [0.25, 0.3) is 5.91 Å². The van der Waals surface area contributed by atoms with E-state index in [0.29, 0.717) is 24.7 Å². The molecule has 0 bridgehead atoms. The van der Waals surface area contributed by atoms with E-state index in [1.54, 1.807) is 19.9 Å². The number of ether oxygens (including phenoxy) is 3. The summed E-state index contributed by atoms with van der Waals surface area (Å²) in [7, 11) is -2.47. The fourth-order valence-electron chi connectivity index (χ4n) is 3.52. The zero-order valence-electron chi connectivity index (χ0n) is 21.0. The Kier molecular flexibility index (Phi) is 9.76. The molecule has 0 spiro atoms. The summed E-state index contributed by atoms with van der Waals surface area (Å²) >= 11 is 0. The Labute approximate surface area is 203 Å². The van der Waals surface area contributed by atoms with Crippen LogP contribution >= 0.6 is 0 Å². The van der Waals surface area contributed by atoms with Crippen molar-refractivity contribution in [2.45, 2.75) is 58.5 Å². The number of methoxy groups -OCH3 is 1. The van der Waals surface area contributed by atoms with Crippen molar-refractivity contribution in [1.82, 2.24) is 10.0 Å². The van der Waals surface area contributed by atoms with Crippen molar-refractivity contribution >= 4 is 15.9 Å². The Hall–Kier alpha value is -2.78. The van der Waals surface area contributed by atoms with Crippen molar-refractivity contribution in [3.8, 4) is 17.2 Å². The Morgan fingerprint density at radius 3 is 2.09 bits per heavy atom. The van der Waals surface area contributed by atoms with Crippen molar-refractivity contribution in [2.75, 3.05) is 20.3 Å². The lowest BCUT2D eigenvalue weighted by atomic mass is 9.95. The molecular formula is C25H36N2O6S. The second kappa shape index (κ2) is 12.1. The first-order chi connectivity index (χ1) is 16.0. The van der Waals surface area contributed by atoms with Crippen LogP contribution in [0.4, 0.5) is 0 Å². The number of hydrogen-bond acceptors (Lipinski definition) is 6. The van der Waals surface area contributed by atoms with Gasteiger partial charge in [-0.2, -0.15) is 0 Å². The van der Waals surface area contributed by atoms with Gasteiger partial charge >= 0.3 is 0 Å². The zero-order chi connectivity index (χ0) is 25.5. The molecule has 0 aliphatic carbocycles. The van der Waals surface area contributed by atoms with Gasteiger partial charge in [0.1, 0.15) is 10.6 Å². The molecule has 2 N–H and O–H groups in total. The molecule has 9 heteroatoms. The van der Waals surface area contributed by atoms with Gasteiger partial charge in [-0.3, -0.25) is 4.79 Å². The molecule has 0 saturated heterocycles. The molecule has 34 heavy (non-hydrogen) atoms. The fraction of sp³-hybridized carbons (Fsp3) is 0.480. The van der Waals surface area contributed by atoms with Gasteiger partial charge in [0.05, 0.1) is 26.4 Å². The Balaban J connectivity index is 2.40. The van der Waals surface area contributed by atoms with E-state index < -0.39 is 15.9 Å². The van der Waals surface area contributed by atoms with Crippen molar-refractivity contribution in [2.24, 2.45) is 5.92 Å². The maximum Gasteiger partial charge on any atom is 0.251 e. The molecule has 2 aromatic rings. The summed E-state index contributed by atoms with van der Waals surface area (Å²) < 4.78 is 44.7. The van der Waals surface area contributed by atoms with E-state index in [4.69, 9.17) is 14.2 Å². The number of carbonyl (C=O) groups excluding carboxylic acids is 1. The minimum atomic E-state index is -3.86. The van der Waals surface area contributed by atoms with Gasteiger partial charge in [-0.15, -0.1) is 0 Å². The van der Waals surface area contributed by atoms with Crippen LogP contribution in [0, 0.1) is 5.92 Å². The van der Waals surface area contributed by atoms with Gasteiger partial charge in [-0.25, -0.2) is 13.1 Å². The molecular weight excluding hydrogens is 456 g/mol. The Morgan fingerprint density at radius 1 is 0.912 bits per heavy atom. The van der Waals surface area contributed by atoms with Crippen LogP contribution in [-0.4, -0.2) is 40.7 Å². The van der Waals surface area contributed by atoms with Gasteiger partial charge in [0.2, 0.25) is 10.0 Å². The SMILES string of the molecule is CCOc1ccc(C(NC(=O)c2ccc(OC)c(S(=O)(=O)NC(C)C)c2)C(C)C)cc1OCC. The summed E-state index contributed by atoms with van der Waals surface area (Å²) in [5.74, 6) is 1.08. The first-order valence-electron chi connectivity index (χ1n) is 11.4. The second-order valence-corrected chi connectivity index (χ2v) is 10.1. The molecule has 8 nitrogen and oxygen atoms in total. The molecule has 0 saturated carbocycles. The highest BCUT2D eigenvalue weighted by Gasteiger charge is 2.25. The Morgan fingerprint density at radius 2 is 1.53 bits per heavy atom. The predicted octanol–water partition coefficient (Wildman–Crippen LogP) is 4.31. The predicted molar refractivity (Wildman–Crippen MR) is 132 cm³/mol. The van der Waals surface area contributed by atoms with Crippen molar-refractivity contribution in [3.05, 3.63) is 47.5 Å². The number of benzene rings is 2. The number of sulfonamides is 1. The summed E-state index contributed by atoms with van der Waals surface area (Å²) in [5.41, 5.74) is 1.07. The minimum absolute atomic E-state index is 0.0560. The molecule has 0 heterocycles. The van der Waals surface area contributed by atoms with Gasteiger partial charge in [0.15, 0.2) is 11.5 Å². The van der Waals surface area contributed by atoms with Crippen LogP contribution in [0.15, 0.2) is 41.3 Å². The summed E-state index contributed by atoms with van der Waals surface area (Å²) in [5, 5.41) is 3.04. The molecule has 1 atom stereocenters. The van der Waals surface area contributed by atoms with Crippen molar-refractivity contribution in [3.63, 3.8) is 0 Å². The number of carbonyl (C=O) groups is 1. The summed E-state index contributed by atoms with van der Waals surface area (Å²) in [6, 6.07) is 9.32. The van der Waals surface area contributed by atoms with Gasteiger partial charge in [0, 0.05) is 11.6 Å². The van der Waals surface area contributed by atoms with Crippen LogP contribution in [0.5, 0.6) is 17.2 Å². The van der Waals surface area contributed by atoms with E-state index in [1.165, 1.54) is 19.2 Å². The third kappa shape index (κ3) is 6.87. The first kappa shape index (κ1) is 27.5. The first-order valence-corrected chi connectivity index (χ1v) is 12.9. The smallest absolute Gasteiger partial charge is 0.251 e. The van der Waals surface area contributed by atoms with Crippen molar-refractivity contribution < 1.29 is 27.4 Å². The van der Waals surface area contributed by atoms with E-state index >= 15 is 0 Å². The minimum Gasteiger partial charge on any atom is -0.495 e. The molecule has 2 rings (SSSR count). The fourth-order valence-corrected chi connectivity index (χ4v) is 4.97. The highest BCUT2D eigenvalue weighted by Crippen LogP contribution is 2.33. The quantitative estimate of drug-likeness (QED) is 0.458. The highest BCUT2D eigenvalue weighted by molar-refractivity contribution is 7.89. The maximum absolute atomic E-state index is 13.2. The average molecular weight is 493 g/mol. The molecule has 0 radical (unpaired) electrons. The van der Waals surface area contributed by atoms with Crippen LogP contribution in [-0.2, 0) is 10.0 Å². The van der Waals surface area contributed by atoms with E-state index in [2.05, 4.69) is 10.0 Å². The summed E-state index contributed by atoms with van der Waals surface area (Å²) in [6.45, 7) is 12.2.